The van der Waals surface area contributed by atoms with Gasteiger partial charge >= 0.3 is 0 Å². The molecule has 1 saturated heterocycles. The standard InChI is InChI=1S/C14H17N3O2S/c15-9-14(5-7-19-8-6-14)12(18)17-13-16-10-3-1-2-4-11(10)20-13/h1-4H,5-9,15H2,(H,16,17,18). The van der Waals surface area contributed by atoms with Crippen LogP contribution in [0.1, 0.15) is 12.8 Å². The molecule has 0 radical (unpaired) electrons. The maximum absolute atomic E-state index is 12.5. The van der Waals surface area contributed by atoms with Crippen LogP contribution in [-0.4, -0.2) is 30.6 Å². The van der Waals surface area contributed by atoms with E-state index in [1.807, 2.05) is 24.3 Å². The summed E-state index contributed by atoms with van der Waals surface area (Å²) in [6.45, 7) is 1.52. The molecule has 1 amide bonds. The Hall–Kier alpha value is -1.50. The van der Waals surface area contributed by atoms with E-state index in [1.54, 1.807) is 0 Å². The van der Waals surface area contributed by atoms with Crippen LogP contribution in [-0.2, 0) is 9.53 Å². The number of aromatic nitrogens is 1. The highest BCUT2D eigenvalue weighted by atomic mass is 32.1. The first-order valence-corrected chi connectivity index (χ1v) is 7.50. The molecule has 3 N–H and O–H groups in total. The van der Waals surface area contributed by atoms with Crippen molar-refractivity contribution in [1.82, 2.24) is 4.98 Å². The van der Waals surface area contributed by atoms with Gasteiger partial charge in [0.25, 0.3) is 0 Å². The first kappa shape index (κ1) is 13.5. The largest absolute Gasteiger partial charge is 0.381 e. The van der Waals surface area contributed by atoms with E-state index < -0.39 is 5.41 Å². The minimum Gasteiger partial charge on any atom is -0.381 e. The third-order valence-electron chi connectivity index (χ3n) is 3.84. The summed E-state index contributed by atoms with van der Waals surface area (Å²) in [7, 11) is 0. The summed E-state index contributed by atoms with van der Waals surface area (Å²) in [6, 6.07) is 7.84. The van der Waals surface area contributed by atoms with Crippen LogP contribution in [0.15, 0.2) is 24.3 Å². The highest BCUT2D eigenvalue weighted by Crippen LogP contribution is 2.32. The maximum Gasteiger partial charge on any atom is 0.233 e. The van der Waals surface area contributed by atoms with Crippen molar-refractivity contribution in [3.05, 3.63) is 24.3 Å². The van der Waals surface area contributed by atoms with Crippen LogP contribution in [0.5, 0.6) is 0 Å². The van der Waals surface area contributed by atoms with Crippen molar-refractivity contribution < 1.29 is 9.53 Å². The number of amides is 1. The van der Waals surface area contributed by atoms with E-state index in [2.05, 4.69) is 10.3 Å². The number of hydrogen-bond acceptors (Lipinski definition) is 5. The van der Waals surface area contributed by atoms with Gasteiger partial charge in [-0.25, -0.2) is 4.98 Å². The summed E-state index contributed by atoms with van der Waals surface area (Å²) in [6.07, 6.45) is 1.33. The number of carbonyl (C=O) groups excluding carboxylic acids is 1. The zero-order valence-electron chi connectivity index (χ0n) is 11.1. The second kappa shape index (κ2) is 5.47. The number of thiazole rings is 1. The van der Waals surface area contributed by atoms with E-state index in [9.17, 15) is 4.79 Å². The number of fused-ring (bicyclic) bond motifs is 1. The fourth-order valence-corrected chi connectivity index (χ4v) is 3.30. The fourth-order valence-electron chi connectivity index (χ4n) is 2.44. The highest BCUT2D eigenvalue weighted by molar-refractivity contribution is 7.22. The average Bonchev–Trinajstić information content (AvgIpc) is 2.90. The van der Waals surface area contributed by atoms with Crippen molar-refractivity contribution in [3.63, 3.8) is 0 Å². The van der Waals surface area contributed by atoms with Gasteiger partial charge in [-0.3, -0.25) is 4.79 Å². The van der Waals surface area contributed by atoms with Gasteiger partial charge in [-0.1, -0.05) is 23.5 Å². The van der Waals surface area contributed by atoms with Crippen molar-refractivity contribution in [3.8, 4) is 0 Å². The molecule has 1 aromatic carbocycles. The summed E-state index contributed by atoms with van der Waals surface area (Å²) < 4.78 is 6.39. The third kappa shape index (κ3) is 2.42. The molecule has 1 aliphatic rings. The molecule has 0 bridgehead atoms. The molecule has 6 heteroatoms. The van der Waals surface area contributed by atoms with Crippen LogP contribution < -0.4 is 11.1 Å². The predicted octanol–water partition coefficient (Wildman–Crippen LogP) is 1.99. The number of nitrogens with two attached hydrogens (primary N) is 1. The Kier molecular flexibility index (Phi) is 3.69. The van der Waals surface area contributed by atoms with E-state index >= 15 is 0 Å². The lowest BCUT2D eigenvalue weighted by atomic mass is 9.79. The molecule has 0 aliphatic carbocycles. The molecule has 106 valence electrons. The van der Waals surface area contributed by atoms with Crippen molar-refractivity contribution in [1.29, 1.82) is 0 Å². The third-order valence-corrected chi connectivity index (χ3v) is 4.79. The molecule has 5 nitrogen and oxygen atoms in total. The predicted molar refractivity (Wildman–Crippen MR) is 79.8 cm³/mol. The lowest BCUT2D eigenvalue weighted by Crippen LogP contribution is -2.46. The number of para-hydroxylation sites is 1. The fraction of sp³-hybridized carbons (Fsp3) is 0.429. The van der Waals surface area contributed by atoms with Crippen LogP contribution in [0, 0.1) is 5.41 Å². The Morgan fingerprint density at radius 3 is 2.85 bits per heavy atom. The Balaban J connectivity index is 1.80. The van der Waals surface area contributed by atoms with Crippen LogP contribution in [0.4, 0.5) is 5.13 Å². The van der Waals surface area contributed by atoms with Crippen LogP contribution in [0.2, 0.25) is 0 Å². The van der Waals surface area contributed by atoms with E-state index in [4.69, 9.17) is 10.5 Å². The molecular weight excluding hydrogens is 274 g/mol. The Labute approximate surface area is 121 Å². The Bertz CT molecular complexity index is 587. The molecular formula is C14H17N3O2S. The Morgan fingerprint density at radius 1 is 1.40 bits per heavy atom. The van der Waals surface area contributed by atoms with Gasteiger partial charge in [0, 0.05) is 19.8 Å². The number of anilines is 1. The van der Waals surface area contributed by atoms with Crippen molar-refractivity contribution >= 4 is 32.6 Å². The number of nitrogens with one attached hydrogen (secondary N) is 1. The van der Waals surface area contributed by atoms with Gasteiger partial charge < -0.3 is 15.8 Å². The van der Waals surface area contributed by atoms with Gasteiger partial charge in [0.15, 0.2) is 5.13 Å². The van der Waals surface area contributed by atoms with Gasteiger partial charge in [-0.15, -0.1) is 0 Å². The minimum atomic E-state index is -0.518. The molecule has 1 fully saturated rings. The number of benzene rings is 1. The summed E-state index contributed by atoms with van der Waals surface area (Å²) >= 11 is 1.48. The summed E-state index contributed by atoms with van der Waals surface area (Å²) in [4.78, 5) is 16.9. The molecule has 20 heavy (non-hydrogen) atoms. The number of hydrogen-bond donors (Lipinski definition) is 2. The summed E-state index contributed by atoms with van der Waals surface area (Å²) in [5.41, 5.74) is 6.22. The lowest BCUT2D eigenvalue weighted by Gasteiger charge is -2.34. The van der Waals surface area contributed by atoms with Crippen molar-refractivity contribution in [2.45, 2.75) is 12.8 Å². The zero-order chi connectivity index (χ0) is 14.0. The molecule has 2 heterocycles. The highest BCUT2D eigenvalue weighted by Gasteiger charge is 2.39. The second-order valence-electron chi connectivity index (χ2n) is 5.04. The first-order valence-electron chi connectivity index (χ1n) is 6.68. The first-order chi connectivity index (χ1) is 9.73. The lowest BCUT2D eigenvalue weighted by molar-refractivity contribution is -0.130. The molecule has 3 rings (SSSR count). The molecule has 0 unspecified atom stereocenters. The van der Waals surface area contributed by atoms with E-state index in [0.29, 0.717) is 37.7 Å². The number of rotatable bonds is 3. The number of carbonyl (C=O) groups is 1. The second-order valence-corrected chi connectivity index (χ2v) is 6.07. The molecule has 0 spiro atoms. The van der Waals surface area contributed by atoms with Gasteiger partial charge in [-0.2, -0.15) is 0 Å². The maximum atomic E-state index is 12.5. The molecule has 2 aromatic rings. The van der Waals surface area contributed by atoms with E-state index in [1.165, 1.54) is 11.3 Å². The van der Waals surface area contributed by atoms with Crippen molar-refractivity contribution in [2.24, 2.45) is 11.1 Å². The SMILES string of the molecule is NCC1(C(=O)Nc2nc3ccccc3s2)CCOCC1. The zero-order valence-corrected chi connectivity index (χ0v) is 11.9. The number of nitrogens with zero attached hydrogens (tertiary/aromatic N) is 1. The van der Waals surface area contributed by atoms with Gasteiger partial charge in [0.1, 0.15) is 0 Å². The Morgan fingerprint density at radius 2 is 2.15 bits per heavy atom. The normalized spacial score (nSPS) is 18.1. The summed E-state index contributed by atoms with van der Waals surface area (Å²) in [5.74, 6) is -0.0395. The average molecular weight is 291 g/mol. The van der Waals surface area contributed by atoms with Gasteiger partial charge in [0.2, 0.25) is 5.91 Å². The van der Waals surface area contributed by atoms with Crippen molar-refractivity contribution in [2.75, 3.05) is 25.1 Å². The van der Waals surface area contributed by atoms with Crippen LogP contribution >= 0.6 is 11.3 Å². The monoisotopic (exact) mass is 291 g/mol. The summed E-state index contributed by atoms with van der Waals surface area (Å²) in [5, 5.41) is 3.56. The topological polar surface area (TPSA) is 77.2 Å². The number of ether oxygens (including phenoxy) is 1. The minimum absolute atomic E-state index is 0.0395. The van der Waals surface area contributed by atoms with Gasteiger partial charge in [0.05, 0.1) is 15.6 Å². The van der Waals surface area contributed by atoms with Gasteiger partial charge in [-0.05, 0) is 25.0 Å². The molecule has 0 atom stereocenters. The van der Waals surface area contributed by atoms with Crippen LogP contribution in [0.25, 0.3) is 10.2 Å². The quantitative estimate of drug-likeness (QED) is 0.906. The molecule has 1 aliphatic heterocycles. The molecule has 0 saturated carbocycles. The van der Waals surface area contributed by atoms with E-state index in [0.717, 1.165) is 10.2 Å². The smallest absolute Gasteiger partial charge is 0.233 e. The molecule has 1 aromatic heterocycles. The van der Waals surface area contributed by atoms with Crippen LogP contribution in [0.3, 0.4) is 0 Å². The van der Waals surface area contributed by atoms with E-state index in [-0.39, 0.29) is 5.91 Å².